The highest BCUT2D eigenvalue weighted by Gasteiger charge is 2.25. The average Bonchev–Trinajstić information content (AvgIpc) is 3.12. The predicted molar refractivity (Wildman–Crippen MR) is 107 cm³/mol. The Balaban J connectivity index is 1.37. The molecule has 142 valence electrons. The number of para-hydroxylation sites is 2. The number of ether oxygens (including phenoxy) is 2. The zero-order chi connectivity index (χ0) is 18.6. The van der Waals surface area contributed by atoms with Crippen LogP contribution < -0.4 is 19.3 Å². The third kappa shape index (κ3) is 3.80. The number of H-pyrrole nitrogens is 1. The molecule has 2 aromatic carbocycles. The van der Waals surface area contributed by atoms with Gasteiger partial charge in [0.1, 0.15) is 39.3 Å². The van der Waals surface area contributed by atoms with Crippen LogP contribution in [0.3, 0.4) is 0 Å². The minimum atomic E-state index is 0.818. The first-order valence-corrected chi connectivity index (χ1v) is 9.70. The van der Waals surface area contributed by atoms with Crippen LogP contribution in [0.15, 0.2) is 48.7 Å². The van der Waals surface area contributed by atoms with Crippen molar-refractivity contribution in [1.29, 1.82) is 0 Å². The zero-order valence-corrected chi connectivity index (χ0v) is 16.2. The number of hydrogen-bond donors (Lipinski definition) is 3. The van der Waals surface area contributed by atoms with Crippen molar-refractivity contribution in [2.24, 2.45) is 0 Å². The Bertz CT molecular complexity index is 897. The Morgan fingerprint density at radius 2 is 1.52 bits per heavy atom. The molecular formula is C22H29N3O2+2. The van der Waals surface area contributed by atoms with E-state index < -0.39 is 0 Å². The number of aromatic nitrogens is 1. The second-order valence-electron chi connectivity index (χ2n) is 7.37. The highest BCUT2D eigenvalue weighted by molar-refractivity contribution is 5.82. The summed E-state index contributed by atoms with van der Waals surface area (Å²) in [5, 5.41) is 1.36. The van der Waals surface area contributed by atoms with E-state index >= 15 is 0 Å². The maximum absolute atomic E-state index is 5.59. The van der Waals surface area contributed by atoms with Gasteiger partial charge in [0.15, 0.2) is 11.5 Å². The van der Waals surface area contributed by atoms with E-state index in [4.69, 9.17) is 9.47 Å². The summed E-state index contributed by atoms with van der Waals surface area (Å²) in [6.45, 7) is 6.83. The first kappa shape index (κ1) is 17.9. The summed E-state index contributed by atoms with van der Waals surface area (Å²) in [6.07, 6.45) is 2.18. The lowest BCUT2D eigenvalue weighted by Crippen LogP contribution is -3.27. The van der Waals surface area contributed by atoms with E-state index in [0.717, 1.165) is 24.6 Å². The second kappa shape index (κ2) is 8.03. The van der Waals surface area contributed by atoms with Crippen molar-refractivity contribution in [1.82, 2.24) is 4.98 Å². The third-order valence-electron chi connectivity index (χ3n) is 5.70. The van der Waals surface area contributed by atoms with E-state index in [0.29, 0.717) is 0 Å². The summed E-state index contributed by atoms with van der Waals surface area (Å²) < 4.78 is 11.0. The molecule has 1 fully saturated rings. The van der Waals surface area contributed by atoms with Crippen molar-refractivity contribution in [2.45, 2.75) is 13.1 Å². The molecule has 0 radical (unpaired) electrons. The Kier molecular flexibility index (Phi) is 5.32. The van der Waals surface area contributed by atoms with Gasteiger partial charge in [0.05, 0.1) is 19.8 Å². The lowest BCUT2D eigenvalue weighted by Gasteiger charge is -2.30. The smallest absolute Gasteiger partial charge is 0.169 e. The number of nitrogens with one attached hydrogen (secondary N) is 3. The molecular weight excluding hydrogens is 338 g/mol. The first-order chi connectivity index (χ1) is 13.3. The van der Waals surface area contributed by atoms with E-state index in [-0.39, 0.29) is 0 Å². The number of fused-ring (bicyclic) bond motifs is 1. The quantitative estimate of drug-likeness (QED) is 0.600. The maximum atomic E-state index is 5.59. The molecule has 1 aliphatic rings. The normalized spacial score (nSPS) is 19.9. The van der Waals surface area contributed by atoms with Gasteiger partial charge in [0.2, 0.25) is 0 Å². The fraction of sp³-hybridized carbons (Fsp3) is 0.364. The van der Waals surface area contributed by atoms with Gasteiger partial charge >= 0.3 is 0 Å². The van der Waals surface area contributed by atoms with Crippen molar-refractivity contribution < 1.29 is 19.3 Å². The average molecular weight is 367 g/mol. The van der Waals surface area contributed by atoms with E-state index in [1.807, 2.05) is 6.07 Å². The third-order valence-corrected chi connectivity index (χ3v) is 5.70. The molecule has 0 spiro atoms. The van der Waals surface area contributed by atoms with E-state index in [1.165, 1.54) is 48.2 Å². The van der Waals surface area contributed by atoms with Crippen molar-refractivity contribution in [3.05, 3.63) is 59.8 Å². The van der Waals surface area contributed by atoms with Gasteiger partial charge in [-0.15, -0.1) is 0 Å². The van der Waals surface area contributed by atoms with Crippen molar-refractivity contribution >= 4 is 10.9 Å². The molecule has 2 heterocycles. The Morgan fingerprint density at radius 1 is 0.815 bits per heavy atom. The van der Waals surface area contributed by atoms with Gasteiger partial charge in [-0.2, -0.15) is 0 Å². The molecule has 4 rings (SSSR count). The summed E-state index contributed by atoms with van der Waals surface area (Å²) in [6, 6.07) is 14.7. The summed E-state index contributed by atoms with van der Waals surface area (Å²) in [4.78, 5) is 6.68. The highest BCUT2D eigenvalue weighted by Crippen LogP contribution is 2.30. The SMILES string of the molecule is COc1cccc(C[NH+]2CC[NH+](Cc3c[nH]c4ccccc34)CC2)c1OC. The first-order valence-electron chi connectivity index (χ1n) is 9.70. The number of hydrogen-bond acceptors (Lipinski definition) is 2. The van der Waals surface area contributed by atoms with Crippen LogP contribution in [0, 0.1) is 0 Å². The highest BCUT2D eigenvalue weighted by atomic mass is 16.5. The molecule has 27 heavy (non-hydrogen) atoms. The molecule has 0 unspecified atom stereocenters. The summed E-state index contributed by atoms with van der Waals surface area (Å²) in [7, 11) is 3.42. The molecule has 0 saturated carbocycles. The summed E-state index contributed by atoms with van der Waals surface area (Å²) in [5.74, 6) is 1.69. The van der Waals surface area contributed by atoms with E-state index in [2.05, 4.69) is 47.6 Å². The largest absolute Gasteiger partial charge is 0.493 e. The van der Waals surface area contributed by atoms with Gasteiger partial charge in [0, 0.05) is 22.7 Å². The van der Waals surface area contributed by atoms with Crippen molar-refractivity contribution in [3.8, 4) is 11.5 Å². The minimum Gasteiger partial charge on any atom is -0.493 e. The number of aromatic amines is 1. The Labute approximate surface area is 160 Å². The van der Waals surface area contributed by atoms with Gasteiger partial charge in [-0.05, 0) is 18.2 Å². The molecule has 5 nitrogen and oxygen atoms in total. The topological polar surface area (TPSA) is 43.1 Å². The molecule has 0 amide bonds. The standard InChI is InChI=1S/C22H27N3O2/c1-26-21-9-5-6-17(22(21)27-2)15-24-10-12-25(13-11-24)16-18-14-23-20-8-4-3-7-19(18)20/h3-9,14,23H,10-13,15-16H2,1-2H3/p+2. The molecule has 5 heteroatoms. The molecule has 3 N–H and O–H groups in total. The lowest BCUT2D eigenvalue weighted by molar-refractivity contribution is -1.02. The number of benzene rings is 2. The molecule has 0 bridgehead atoms. The number of piperazine rings is 1. The van der Waals surface area contributed by atoms with Crippen molar-refractivity contribution in [3.63, 3.8) is 0 Å². The van der Waals surface area contributed by atoms with Gasteiger partial charge in [-0.3, -0.25) is 0 Å². The molecule has 1 aliphatic heterocycles. The maximum Gasteiger partial charge on any atom is 0.169 e. The van der Waals surface area contributed by atoms with Crippen LogP contribution in [0.1, 0.15) is 11.1 Å². The van der Waals surface area contributed by atoms with Gasteiger partial charge in [-0.1, -0.05) is 24.3 Å². The fourth-order valence-corrected chi connectivity index (χ4v) is 4.22. The Morgan fingerprint density at radius 3 is 2.22 bits per heavy atom. The van der Waals surface area contributed by atoms with E-state index in [9.17, 15) is 0 Å². The fourth-order valence-electron chi connectivity index (χ4n) is 4.22. The number of quaternary nitrogens is 2. The lowest BCUT2D eigenvalue weighted by atomic mass is 10.1. The summed E-state index contributed by atoms with van der Waals surface area (Å²) in [5.41, 5.74) is 3.90. The molecule has 0 aliphatic carbocycles. The van der Waals surface area contributed by atoms with Crippen molar-refractivity contribution in [2.75, 3.05) is 40.4 Å². The van der Waals surface area contributed by atoms with Gasteiger partial charge in [-0.25, -0.2) is 0 Å². The molecule has 1 aromatic heterocycles. The second-order valence-corrected chi connectivity index (χ2v) is 7.37. The molecule has 1 saturated heterocycles. The van der Waals surface area contributed by atoms with Crippen LogP contribution in [0.2, 0.25) is 0 Å². The predicted octanol–water partition coefficient (Wildman–Crippen LogP) is 0.669. The van der Waals surface area contributed by atoms with Crippen LogP contribution in [-0.4, -0.2) is 45.4 Å². The zero-order valence-electron chi connectivity index (χ0n) is 16.2. The van der Waals surface area contributed by atoms with Crippen LogP contribution in [0.5, 0.6) is 11.5 Å². The Hall–Kier alpha value is -2.50. The van der Waals surface area contributed by atoms with Crippen LogP contribution in [-0.2, 0) is 13.1 Å². The minimum absolute atomic E-state index is 0.818. The monoisotopic (exact) mass is 367 g/mol. The number of methoxy groups -OCH3 is 2. The van der Waals surface area contributed by atoms with Gasteiger partial charge in [0.25, 0.3) is 0 Å². The molecule has 0 atom stereocenters. The van der Waals surface area contributed by atoms with Gasteiger partial charge < -0.3 is 24.3 Å². The van der Waals surface area contributed by atoms with Crippen LogP contribution in [0.25, 0.3) is 10.9 Å². The summed E-state index contributed by atoms with van der Waals surface area (Å²) >= 11 is 0. The van der Waals surface area contributed by atoms with Crippen LogP contribution in [0.4, 0.5) is 0 Å². The number of rotatable bonds is 6. The van der Waals surface area contributed by atoms with Crippen LogP contribution >= 0.6 is 0 Å². The van der Waals surface area contributed by atoms with E-state index in [1.54, 1.807) is 24.0 Å². The molecule has 3 aromatic rings.